The van der Waals surface area contributed by atoms with Crippen molar-refractivity contribution in [2.24, 2.45) is 0 Å². The van der Waals surface area contributed by atoms with Gasteiger partial charge in [-0.15, -0.1) is 0 Å². The van der Waals surface area contributed by atoms with E-state index < -0.39 is 0 Å². The molecule has 3 saturated heterocycles. The van der Waals surface area contributed by atoms with Crippen LogP contribution in [-0.4, -0.2) is 52.5 Å². The summed E-state index contributed by atoms with van der Waals surface area (Å²) in [4.78, 5) is 25.4. The Morgan fingerprint density at radius 3 is 2.92 bits per heavy atom. The molecule has 1 amide bonds. The minimum Gasteiger partial charge on any atom is -0.467 e. The highest BCUT2D eigenvalue weighted by Crippen LogP contribution is 2.33. The molecule has 126 valence electrons. The summed E-state index contributed by atoms with van der Waals surface area (Å²) >= 11 is 0. The van der Waals surface area contributed by atoms with Crippen molar-refractivity contribution in [2.45, 2.75) is 32.0 Å². The van der Waals surface area contributed by atoms with E-state index in [0.29, 0.717) is 25.2 Å². The molecule has 2 atom stereocenters. The zero-order valence-electron chi connectivity index (χ0n) is 13.7. The van der Waals surface area contributed by atoms with Gasteiger partial charge in [0.1, 0.15) is 17.4 Å². The second-order valence-electron chi connectivity index (χ2n) is 6.44. The lowest BCUT2D eigenvalue weighted by Gasteiger charge is -2.56. The van der Waals surface area contributed by atoms with Crippen molar-refractivity contribution in [3.05, 3.63) is 42.2 Å². The second kappa shape index (κ2) is 6.24. The molecule has 7 heteroatoms. The normalized spacial score (nSPS) is 23.0. The fourth-order valence-electron chi connectivity index (χ4n) is 3.57. The predicted molar refractivity (Wildman–Crippen MR) is 88.4 cm³/mol. The molecule has 3 aliphatic heterocycles. The summed E-state index contributed by atoms with van der Waals surface area (Å²) < 4.78 is 5.23. The molecule has 24 heavy (non-hydrogen) atoms. The minimum atomic E-state index is 0.0485. The topological polar surface area (TPSA) is 74.5 Å². The predicted octanol–water partition coefficient (Wildman–Crippen LogP) is 0.957. The number of fused-ring (bicyclic) bond motifs is 2. The van der Waals surface area contributed by atoms with Crippen LogP contribution in [-0.2, 0) is 11.3 Å². The first kappa shape index (κ1) is 15.1. The van der Waals surface area contributed by atoms with Crippen LogP contribution in [0.2, 0.25) is 0 Å². The molecule has 0 aliphatic carbocycles. The average molecular weight is 327 g/mol. The van der Waals surface area contributed by atoms with Crippen molar-refractivity contribution >= 4 is 11.7 Å². The van der Waals surface area contributed by atoms with Gasteiger partial charge in [-0.25, -0.2) is 9.97 Å². The molecule has 3 aliphatic rings. The van der Waals surface area contributed by atoms with Crippen LogP contribution >= 0.6 is 0 Å². The highest BCUT2D eigenvalue weighted by atomic mass is 16.3. The number of rotatable bonds is 5. The minimum absolute atomic E-state index is 0.0485. The van der Waals surface area contributed by atoms with Crippen LogP contribution in [0, 0.1) is 6.92 Å². The summed E-state index contributed by atoms with van der Waals surface area (Å²) in [6, 6.07) is 6.49. The number of hydrogen-bond donors (Lipinski definition) is 1. The third-order valence-electron chi connectivity index (χ3n) is 4.80. The summed E-state index contributed by atoms with van der Waals surface area (Å²) in [5.41, 5.74) is 0. The first-order valence-corrected chi connectivity index (χ1v) is 8.28. The van der Waals surface area contributed by atoms with Gasteiger partial charge in [-0.05, 0) is 31.5 Å². The van der Waals surface area contributed by atoms with Gasteiger partial charge in [0.05, 0.1) is 19.4 Å². The fraction of sp³-hybridized carbons (Fsp3) is 0.471. The van der Waals surface area contributed by atoms with E-state index in [0.717, 1.165) is 36.9 Å². The van der Waals surface area contributed by atoms with E-state index in [2.05, 4.69) is 25.1 Å². The molecule has 5 rings (SSSR count). The van der Waals surface area contributed by atoms with Gasteiger partial charge < -0.3 is 14.6 Å². The van der Waals surface area contributed by atoms with Crippen molar-refractivity contribution in [3.8, 4) is 0 Å². The van der Waals surface area contributed by atoms with Crippen molar-refractivity contribution < 1.29 is 9.21 Å². The van der Waals surface area contributed by atoms with Crippen molar-refractivity contribution in [3.63, 3.8) is 0 Å². The van der Waals surface area contributed by atoms with E-state index in [9.17, 15) is 4.79 Å². The smallest absolute Gasteiger partial charge is 0.234 e. The van der Waals surface area contributed by atoms with Gasteiger partial charge in [-0.2, -0.15) is 0 Å². The number of anilines is 1. The van der Waals surface area contributed by atoms with Crippen LogP contribution in [0.15, 0.2) is 35.1 Å². The Labute approximate surface area is 140 Å². The molecule has 1 N–H and O–H groups in total. The standard InChI is InChI=1S/C17H21N5O2/c1-12-18-5-4-16(20-12)21-9-13-7-14(10-21)22(13)11-17(23)19-8-15-3-2-6-24-15/h2-6,13-14H,7-11H2,1H3,(H,19,23). The molecule has 7 nitrogen and oxygen atoms in total. The Morgan fingerprint density at radius 2 is 2.21 bits per heavy atom. The molecule has 0 spiro atoms. The van der Waals surface area contributed by atoms with E-state index >= 15 is 0 Å². The van der Waals surface area contributed by atoms with Crippen LogP contribution in [0.1, 0.15) is 18.0 Å². The Morgan fingerprint density at radius 1 is 1.38 bits per heavy atom. The quantitative estimate of drug-likeness (QED) is 0.882. The van der Waals surface area contributed by atoms with E-state index in [1.807, 2.05) is 25.1 Å². The monoisotopic (exact) mass is 327 g/mol. The maximum atomic E-state index is 12.1. The zero-order chi connectivity index (χ0) is 16.5. The summed E-state index contributed by atoms with van der Waals surface area (Å²) in [5, 5.41) is 2.92. The molecular weight excluding hydrogens is 306 g/mol. The maximum absolute atomic E-state index is 12.1. The number of hydrogen-bond acceptors (Lipinski definition) is 6. The molecule has 5 heterocycles. The van der Waals surface area contributed by atoms with Crippen molar-refractivity contribution in [1.29, 1.82) is 0 Å². The van der Waals surface area contributed by atoms with Gasteiger partial charge >= 0.3 is 0 Å². The van der Waals surface area contributed by atoms with Crippen molar-refractivity contribution in [1.82, 2.24) is 20.2 Å². The van der Waals surface area contributed by atoms with Crippen molar-refractivity contribution in [2.75, 3.05) is 24.5 Å². The Hall–Kier alpha value is -2.41. The van der Waals surface area contributed by atoms with Gasteiger partial charge in [0.15, 0.2) is 0 Å². The summed E-state index contributed by atoms with van der Waals surface area (Å²) in [6.07, 6.45) is 4.58. The van der Waals surface area contributed by atoms with Crippen LogP contribution < -0.4 is 10.2 Å². The van der Waals surface area contributed by atoms with Crippen LogP contribution in [0.3, 0.4) is 0 Å². The lowest BCUT2D eigenvalue weighted by atomic mass is 9.87. The Bertz CT molecular complexity index is 706. The van der Waals surface area contributed by atoms with Gasteiger partial charge in [0, 0.05) is 31.4 Å². The maximum Gasteiger partial charge on any atom is 0.234 e. The van der Waals surface area contributed by atoms with E-state index in [1.54, 1.807) is 12.5 Å². The summed E-state index contributed by atoms with van der Waals surface area (Å²) in [7, 11) is 0. The third kappa shape index (κ3) is 2.99. The van der Waals surface area contributed by atoms with E-state index in [-0.39, 0.29) is 5.91 Å². The number of piperidine rings is 1. The number of amides is 1. The zero-order valence-corrected chi connectivity index (χ0v) is 13.7. The van der Waals surface area contributed by atoms with E-state index in [4.69, 9.17) is 4.42 Å². The molecule has 2 unspecified atom stereocenters. The molecule has 2 aromatic heterocycles. The summed E-state index contributed by atoms with van der Waals surface area (Å²) in [6.45, 7) is 4.63. The number of nitrogens with zero attached hydrogens (tertiary/aromatic N) is 4. The summed E-state index contributed by atoms with van der Waals surface area (Å²) in [5.74, 6) is 2.60. The Kier molecular flexibility index (Phi) is 3.93. The van der Waals surface area contributed by atoms with Crippen LogP contribution in [0.5, 0.6) is 0 Å². The molecular formula is C17H21N5O2. The number of nitrogens with one attached hydrogen (secondary N) is 1. The average Bonchev–Trinajstić information content (AvgIpc) is 3.11. The van der Waals surface area contributed by atoms with Crippen LogP contribution in [0.25, 0.3) is 0 Å². The van der Waals surface area contributed by atoms with Gasteiger partial charge in [0.2, 0.25) is 5.91 Å². The molecule has 3 fully saturated rings. The number of carbonyl (C=O) groups excluding carboxylic acids is 1. The van der Waals surface area contributed by atoms with Gasteiger partial charge in [-0.3, -0.25) is 9.69 Å². The highest BCUT2D eigenvalue weighted by Gasteiger charge is 2.45. The first-order chi connectivity index (χ1) is 11.7. The lowest BCUT2D eigenvalue weighted by Crippen LogP contribution is -2.70. The third-order valence-corrected chi connectivity index (χ3v) is 4.80. The molecule has 2 aromatic rings. The second-order valence-corrected chi connectivity index (χ2v) is 6.44. The number of furan rings is 1. The largest absolute Gasteiger partial charge is 0.467 e. The van der Waals surface area contributed by atoms with E-state index in [1.165, 1.54) is 0 Å². The van der Waals surface area contributed by atoms with Crippen LogP contribution in [0.4, 0.5) is 5.82 Å². The highest BCUT2D eigenvalue weighted by molar-refractivity contribution is 5.78. The molecule has 0 saturated carbocycles. The number of piperazine rings is 1. The molecule has 0 radical (unpaired) electrons. The Balaban J connectivity index is 1.30. The number of carbonyl (C=O) groups is 1. The first-order valence-electron chi connectivity index (χ1n) is 8.28. The van der Waals surface area contributed by atoms with Gasteiger partial charge in [-0.1, -0.05) is 0 Å². The SMILES string of the molecule is Cc1nccc(N2CC3CC(C2)N3CC(=O)NCc2ccco2)n1. The molecule has 2 bridgehead atoms. The molecule has 0 aromatic carbocycles. The van der Waals surface area contributed by atoms with Gasteiger partial charge in [0.25, 0.3) is 0 Å². The fourth-order valence-corrected chi connectivity index (χ4v) is 3.57. The lowest BCUT2D eigenvalue weighted by molar-refractivity contribution is -0.127. The number of aryl methyl sites for hydroxylation is 1. The number of aromatic nitrogens is 2.